The van der Waals surface area contributed by atoms with Crippen molar-refractivity contribution in [2.24, 2.45) is 29.1 Å². The van der Waals surface area contributed by atoms with Gasteiger partial charge in [0, 0.05) is 12.5 Å². The third-order valence-electron chi connectivity index (χ3n) is 6.82. The average Bonchev–Trinajstić information content (AvgIpc) is 2.60. The Bertz CT molecular complexity index is 351. The molecule has 2 atom stereocenters. The van der Waals surface area contributed by atoms with Crippen LogP contribution in [0.2, 0.25) is 0 Å². The van der Waals surface area contributed by atoms with Crippen LogP contribution in [0.1, 0.15) is 72.1 Å². The molecule has 134 valence electrons. The zero-order valence-electron chi connectivity index (χ0n) is 15.6. The Hall–Kier alpha value is -0.340. The van der Waals surface area contributed by atoms with E-state index in [-0.39, 0.29) is 12.5 Å². The normalized spacial score (nSPS) is 36.2. The van der Waals surface area contributed by atoms with E-state index in [2.05, 4.69) is 26.5 Å². The van der Waals surface area contributed by atoms with E-state index >= 15 is 0 Å². The van der Waals surface area contributed by atoms with E-state index in [1.807, 2.05) is 6.92 Å². The first-order valence-corrected chi connectivity index (χ1v) is 9.85. The molecule has 0 radical (unpaired) electrons. The van der Waals surface area contributed by atoms with Gasteiger partial charge >= 0.3 is 0 Å². The van der Waals surface area contributed by atoms with E-state index in [1.54, 1.807) is 0 Å². The van der Waals surface area contributed by atoms with Crippen molar-refractivity contribution in [3.8, 4) is 0 Å². The summed E-state index contributed by atoms with van der Waals surface area (Å²) in [5, 5.41) is 9.12. The smallest absolute Gasteiger partial charge is 0.0575 e. The van der Waals surface area contributed by atoms with Gasteiger partial charge in [0.05, 0.1) is 12.7 Å². The molecule has 1 N–H and O–H groups in total. The van der Waals surface area contributed by atoms with Crippen molar-refractivity contribution in [1.82, 2.24) is 0 Å². The molecular weight excluding hydrogens is 284 g/mol. The predicted octanol–water partition coefficient (Wildman–Crippen LogP) is 5.21. The first-order valence-electron chi connectivity index (χ1n) is 9.85. The zero-order valence-corrected chi connectivity index (χ0v) is 15.6. The van der Waals surface area contributed by atoms with Crippen LogP contribution in [-0.4, -0.2) is 24.4 Å². The maximum atomic E-state index is 9.12. The standard InChI is InChI=1S/C21H38O2/c1-5-21(4,18-8-6-16(2)7-9-18)19-10-12-20(13-11-19)23-15-17(3)14-22/h5,16-20,22H,1,6-15H2,2-4H3. The van der Waals surface area contributed by atoms with Crippen LogP contribution in [0.4, 0.5) is 0 Å². The van der Waals surface area contributed by atoms with Crippen LogP contribution in [0, 0.1) is 29.1 Å². The average molecular weight is 323 g/mol. The molecule has 0 aliphatic heterocycles. The second-order valence-corrected chi connectivity index (χ2v) is 8.62. The van der Waals surface area contributed by atoms with E-state index < -0.39 is 0 Å². The molecule has 0 amide bonds. The third kappa shape index (κ3) is 4.82. The summed E-state index contributed by atoms with van der Waals surface area (Å²) < 4.78 is 6.00. The lowest BCUT2D eigenvalue weighted by Gasteiger charge is -2.47. The number of hydrogen-bond acceptors (Lipinski definition) is 2. The van der Waals surface area contributed by atoms with Gasteiger partial charge in [0.15, 0.2) is 0 Å². The summed E-state index contributed by atoms with van der Waals surface area (Å²) in [6.07, 6.45) is 13.1. The Morgan fingerprint density at radius 3 is 2.09 bits per heavy atom. The summed E-state index contributed by atoms with van der Waals surface area (Å²) >= 11 is 0. The van der Waals surface area contributed by atoms with Gasteiger partial charge in [-0.15, -0.1) is 6.58 Å². The van der Waals surface area contributed by atoms with Crippen LogP contribution >= 0.6 is 0 Å². The van der Waals surface area contributed by atoms with Gasteiger partial charge in [-0.2, -0.15) is 0 Å². The molecule has 2 unspecified atom stereocenters. The van der Waals surface area contributed by atoms with Crippen molar-refractivity contribution in [2.75, 3.05) is 13.2 Å². The lowest BCUT2D eigenvalue weighted by atomic mass is 9.59. The fourth-order valence-corrected chi connectivity index (χ4v) is 4.75. The number of rotatable bonds is 7. The Labute approximate surface area is 143 Å². The van der Waals surface area contributed by atoms with Crippen LogP contribution in [0.3, 0.4) is 0 Å². The van der Waals surface area contributed by atoms with Crippen molar-refractivity contribution >= 4 is 0 Å². The number of ether oxygens (including phenoxy) is 1. The lowest BCUT2D eigenvalue weighted by molar-refractivity contribution is -0.0254. The van der Waals surface area contributed by atoms with E-state index in [0.717, 1.165) is 17.8 Å². The molecule has 2 aliphatic carbocycles. The fourth-order valence-electron chi connectivity index (χ4n) is 4.75. The molecule has 2 rings (SSSR count). The Balaban J connectivity index is 1.85. The maximum absolute atomic E-state index is 9.12. The summed E-state index contributed by atoms with van der Waals surface area (Å²) in [6.45, 7) is 12.1. The zero-order chi connectivity index (χ0) is 16.9. The van der Waals surface area contributed by atoms with Crippen molar-refractivity contribution in [2.45, 2.75) is 78.2 Å². The highest BCUT2D eigenvalue weighted by Gasteiger charge is 2.41. The predicted molar refractivity (Wildman–Crippen MR) is 97.4 cm³/mol. The summed E-state index contributed by atoms with van der Waals surface area (Å²) in [4.78, 5) is 0. The summed E-state index contributed by atoms with van der Waals surface area (Å²) in [7, 11) is 0. The largest absolute Gasteiger partial charge is 0.396 e. The highest BCUT2D eigenvalue weighted by Crippen LogP contribution is 2.50. The van der Waals surface area contributed by atoms with E-state index in [4.69, 9.17) is 9.84 Å². The fraction of sp³-hybridized carbons (Fsp3) is 0.905. The van der Waals surface area contributed by atoms with Gasteiger partial charge in [-0.1, -0.05) is 39.7 Å². The topological polar surface area (TPSA) is 29.5 Å². The van der Waals surface area contributed by atoms with E-state index in [9.17, 15) is 0 Å². The lowest BCUT2D eigenvalue weighted by Crippen LogP contribution is -2.39. The maximum Gasteiger partial charge on any atom is 0.0575 e. The van der Waals surface area contributed by atoms with Crippen LogP contribution < -0.4 is 0 Å². The number of allylic oxidation sites excluding steroid dienone is 1. The first kappa shape index (κ1) is 19.0. The molecule has 0 bridgehead atoms. The summed E-state index contributed by atoms with van der Waals surface area (Å²) in [5.74, 6) is 2.77. The molecule has 0 aromatic carbocycles. The number of aliphatic hydroxyl groups excluding tert-OH is 1. The van der Waals surface area contributed by atoms with Gasteiger partial charge < -0.3 is 9.84 Å². The van der Waals surface area contributed by atoms with E-state index in [0.29, 0.717) is 18.1 Å². The Morgan fingerprint density at radius 1 is 1.09 bits per heavy atom. The molecule has 0 aromatic rings. The molecule has 2 fully saturated rings. The van der Waals surface area contributed by atoms with E-state index in [1.165, 1.54) is 51.4 Å². The summed E-state index contributed by atoms with van der Waals surface area (Å²) in [6, 6.07) is 0. The molecular formula is C21H38O2. The molecule has 0 heterocycles. The molecule has 0 spiro atoms. The van der Waals surface area contributed by atoms with Crippen molar-refractivity contribution < 1.29 is 9.84 Å². The molecule has 0 aromatic heterocycles. The van der Waals surface area contributed by atoms with Crippen LogP contribution in [-0.2, 0) is 4.74 Å². The number of aliphatic hydroxyl groups is 1. The second-order valence-electron chi connectivity index (χ2n) is 8.62. The molecule has 2 heteroatoms. The van der Waals surface area contributed by atoms with Gasteiger partial charge in [-0.3, -0.25) is 0 Å². The molecule has 23 heavy (non-hydrogen) atoms. The van der Waals surface area contributed by atoms with Crippen LogP contribution in [0.25, 0.3) is 0 Å². The molecule has 2 saturated carbocycles. The third-order valence-corrected chi connectivity index (χ3v) is 6.82. The SMILES string of the molecule is C=CC(C)(C1CCC(C)CC1)C1CCC(OCC(C)CO)CC1. The minimum absolute atomic E-state index is 0.226. The van der Waals surface area contributed by atoms with Crippen molar-refractivity contribution in [3.05, 3.63) is 12.7 Å². The van der Waals surface area contributed by atoms with Crippen LogP contribution in [0.15, 0.2) is 12.7 Å². The van der Waals surface area contributed by atoms with Crippen LogP contribution in [0.5, 0.6) is 0 Å². The highest BCUT2D eigenvalue weighted by molar-refractivity contribution is 5.02. The van der Waals surface area contributed by atoms with Gasteiger partial charge in [0.1, 0.15) is 0 Å². The number of hydrogen-bond donors (Lipinski definition) is 1. The molecule has 2 nitrogen and oxygen atoms in total. The van der Waals surface area contributed by atoms with Gasteiger partial charge in [0.2, 0.25) is 0 Å². The second kappa shape index (κ2) is 8.67. The minimum Gasteiger partial charge on any atom is -0.396 e. The highest BCUT2D eigenvalue weighted by atomic mass is 16.5. The quantitative estimate of drug-likeness (QED) is 0.652. The monoisotopic (exact) mass is 322 g/mol. The van der Waals surface area contributed by atoms with Crippen molar-refractivity contribution in [1.29, 1.82) is 0 Å². The van der Waals surface area contributed by atoms with Gasteiger partial charge in [0.25, 0.3) is 0 Å². The molecule has 2 aliphatic rings. The molecule has 0 saturated heterocycles. The van der Waals surface area contributed by atoms with Gasteiger partial charge in [-0.25, -0.2) is 0 Å². The van der Waals surface area contributed by atoms with Gasteiger partial charge in [-0.05, 0) is 61.7 Å². The summed E-state index contributed by atoms with van der Waals surface area (Å²) in [5.41, 5.74) is 0.309. The van der Waals surface area contributed by atoms with Crippen molar-refractivity contribution in [3.63, 3.8) is 0 Å². The Kier molecular flexibility index (Phi) is 7.16. The first-order chi connectivity index (χ1) is 11.0. The minimum atomic E-state index is 0.226. The Morgan fingerprint density at radius 2 is 1.61 bits per heavy atom.